The summed E-state index contributed by atoms with van der Waals surface area (Å²) < 4.78 is 44.0. The molecule has 1 fully saturated rings. The number of aliphatic carboxylic acids is 2. The molecule has 0 aliphatic carbocycles. The fourth-order valence-electron chi connectivity index (χ4n) is 4.65. The Morgan fingerprint density at radius 2 is 1.66 bits per heavy atom. The van der Waals surface area contributed by atoms with E-state index >= 15 is 4.39 Å². The zero-order chi connectivity index (χ0) is 32.2. The highest BCUT2D eigenvalue weighted by molar-refractivity contribution is 7.51. The number of fused-ring (bicyclic) bond motifs is 1. The Balaban J connectivity index is 0.00000141. The molecule has 1 saturated heterocycles. The number of anilines is 1. The van der Waals surface area contributed by atoms with Crippen LogP contribution in [-0.4, -0.2) is 85.8 Å². The maximum Gasteiger partial charge on any atom is 0.348 e. The second-order valence-corrected chi connectivity index (χ2v) is 10.2. The SMILES string of the molecule is Cc1ccc(-c2ccc(CC(OC[C@H]3O[C@@H](n4cnc5c(N)nc(Cl)nc54)[C@@H](F)[C@@H]3O)(C(=O)O)C(=O)O)cc2)cc1.O=S=O. The number of alkyl halides is 1. The van der Waals surface area contributed by atoms with E-state index in [1.54, 1.807) is 24.3 Å². The molecule has 0 unspecified atom stereocenters. The van der Waals surface area contributed by atoms with Gasteiger partial charge in [-0.1, -0.05) is 54.1 Å². The normalized spacial score (nSPS) is 19.7. The van der Waals surface area contributed by atoms with Crippen LogP contribution in [0.5, 0.6) is 0 Å². The molecule has 232 valence electrons. The van der Waals surface area contributed by atoms with Crippen LogP contribution in [0.3, 0.4) is 0 Å². The van der Waals surface area contributed by atoms with E-state index < -0.39 is 66.7 Å². The van der Waals surface area contributed by atoms with Crippen LogP contribution in [0.1, 0.15) is 17.4 Å². The van der Waals surface area contributed by atoms with E-state index in [1.807, 2.05) is 31.2 Å². The number of carboxylic acids is 2. The number of rotatable bonds is 9. The predicted molar refractivity (Wildman–Crippen MR) is 153 cm³/mol. The molecule has 5 rings (SSSR count). The van der Waals surface area contributed by atoms with Crippen LogP contribution in [0.15, 0.2) is 54.9 Å². The molecule has 2 aromatic heterocycles. The van der Waals surface area contributed by atoms with Gasteiger partial charge in [-0.05, 0) is 35.2 Å². The summed E-state index contributed by atoms with van der Waals surface area (Å²) in [5.41, 5.74) is 6.48. The Morgan fingerprint density at radius 3 is 2.23 bits per heavy atom. The van der Waals surface area contributed by atoms with Crippen molar-refractivity contribution in [3.05, 3.63) is 71.3 Å². The molecule has 1 aliphatic rings. The zero-order valence-electron chi connectivity index (χ0n) is 22.7. The molecule has 0 bridgehead atoms. The average Bonchev–Trinajstić information content (AvgIpc) is 3.52. The summed E-state index contributed by atoms with van der Waals surface area (Å²) in [6.45, 7) is 1.22. The molecule has 0 spiro atoms. The lowest BCUT2D eigenvalue weighted by atomic mass is 9.92. The van der Waals surface area contributed by atoms with Crippen molar-refractivity contribution in [1.82, 2.24) is 19.5 Å². The van der Waals surface area contributed by atoms with Crippen LogP contribution in [-0.2, 0) is 37.1 Å². The van der Waals surface area contributed by atoms with Crippen molar-refractivity contribution in [1.29, 1.82) is 0 Å². The Kier molecular flexibility index (Phi) is 10.0. The number of carboxylic acid groups (broad SMARTS) is 2. The van der Waals surface area contributed by atoms with Crippen LogP contribution >= 0.6 is 11.6 Å². The van der Waals surface area contributed by atoms with Gasteiger partial charge in [0.15, 0.2) is 23.9 Å². The van der Waals surface area contributed by atoms with E-state index in [4.69, 9.17) is 35.2 Å². The molecule has 2 aromatic carbocycles. The lowest BCUT2D eigenvalue weighted by molar-refractivity contribution is -0.190. The third-order valence-corrected chi connectivity index (χ3v) is 7.13. The van der Waals surface area contributed by atoms with Crippen molar-refractivity contribution in [2.24, 2.45) is 0 Å². The number of imidazole rings is 1. The van der Waals surface area contributed by atoms with Gasteiger partial charge in [0.25, 0.3) is 5.60 Å². The smallest absolute Gasteiger partial charge is 0.348 e. The summed E-state index contributed by atoms with van der Waals surface area (Å²) in [7, 11) is 0. The third-order valence-electron chi connectivity index (χ3n) is 6.97. The molecule has 0 amide bonds. The van der Waals surface area contributed by atoms with Crippen molar-refractivity contribution in [3.63, 3.8) is 0 Å². The largest absolute Gasteiger partial charge is 0.479 e. The first-order valence-electron chi connectivity index (χ1n) is 12.7. The van der Waals surface area contributed by atoms with Gasteiger partial charge in [0.1, 0.15) is 17.7 Å². The van der Waals surface area contributed by atoms with Crippen LogP contribution in [0.2, 0.25) is 5.28 Å². The van der Waals surface area contributed by atoms with Gasteiger partial charge in [0, 0.05) is 6.42 Å². The summed E-state index contributed by atoms with van der Waals surface area (Å²) in [6, 6.07) is 14.5. The van der Waals surface area contributed by atoms with Crippen molar-refractivity contribution < 1.29 is 47.2 Å². The number of halogens is 2. The first kappa shape index (κ1) is 32.6. The molecule has 4 atom stereocenters. The minimum absolute atomic E-state index is 0.0448. The van der Waals surface area contributed by atoms with Gasteiger partial charge in [0.2, 0.25) is 5.28 Å². The van der Waals surface area contributed by atoms with E-state index in [0.717, 1.165) is 21.3 Å². The Bertz CT molecular complexity index is 1690. The maximum absolute atomic E-state index is 15.2. The fourth-order valence-corrected chi connectivity index (χ4v) is 4.82. The molecule has 14 nitrogen and oxygen atoms in total. The average molecular weight is 650 g/mol. The number of aliphatic hydroxyl groups excluding tert-OH is 1. The number of carbonyl (C=O) groups is 2. The molecule has 0 saturated carbocycles. The van der Waals surface area contributed by atoms with Gasteiger partial charge in [-0.15, -0.1) is 0 Å². The monoisotopic (exact) mass is 649 g/mol. The Labute approximate surface area is 256 Å². The number of nitrogens with two attached hydrogens (primary N) is 1. The van der Waals surface area contributed by atoms with Gasteiger partial charge in [0.05, 0.1) is 12.9 Å². The summed E-state index contributed by atoms with van der Waals surface area (Å²) in [5, 5.41) is 30.2. The number of ether oxygens (including phenoxy) is 2. The van der Waals surface area contributed by atoms with E-state index in [1.165, 1.54) is 6.33 Å². The van der Waals surface area contributed by atoms with Crippen molar-refractivity contribution >= 4 is 52.1 Å². The van der Waals surface area contributed by atoms with Gasteiger partial charge in [-0.25, -0.2) is 19.0 Å². The third kappa shape index (κ3) is 6.58. The van der Waals surface area contributed by atoms with E-state index in [-0.39, 0.29) is 22.3 Å². The van der Waals surface area contributed by atoms with E-state index in [9.17, 15) is 24.9 Å². The lowest BCUT2D eigenvalue weighted by Gasteiger charge is -2.27. The van der Waals surface area contributed by atoms with Crippen molar-refractivity contribution in [2.45, 2.75) is 43.6 Å². The standard InChI is InChI=1S/C27H25ClFN5O7.O2S/c1-13-2-6-15(7-3-13)16-8-4-14(5-9-16)10-27(24(36)37,25(38)39)40-11-17-20(35)18(29)23(41-17)34-12-31-19-21(30)32-26(28)33-22(19)34;1-3-2/h2-9,12,17-18,20,23,35H,10-11H2,1H3,(H,36,37)(H,38,39)(H2,30,32,33);/t17-,18+,20-,23-;/m1./s1. The summed E-state index contributed by atoms with van der Waals surface area (Å²) in [5.74, 6) is -3.58. The minimum Gasteiger partial charge on any atom is -0.479 e. The second-order valence-electron chi connectivity index (χ2n) is 9.76. The Morgan fingerprint density at radius 1 is 1.09 bits per heavy atom. The van der Waals surface area contributed by atoms with Crippen LogP contribution in [0.25, 0.3) is 22.3 Å². The number of nitrogens with zero attached hydrogens (tertiary/aromatic N) is 4. The number of hydrogen-bond acceptors (Lipinski definition) is 11. The van der Waals surface area contributed by atoms with Crippen LogP contribution in [0.4, 0.5) is 10.2 Å². The number of aliphatic hydroxyl groups is 1. The van der Waals surface area contributed by atoms with Gasteiger partial charge in [-0.3, -0.25) is 4.57 Å². The maximum atomic E-state index is 15.2. The molecular formula is C27H25ClFN5O9S. The number of hydrogen-bond donors (Lipinski definition) is 4. The molecule has 1 aliphatic heterocycles. The molecule has 17 heteroatoms. The number of benzene rings is 2. The molecule has 0 radical (unpaired) electrons. The van der Waals surface area contributed by atoms with Crippen molar-refractivity contribution in [3.8, 4) is 11.1 Å². The Hall–Kier alpha value is -4.35. The molecule has 3 heterocycles. The summed E-state index contributed by atoms with van der Waals surface area (Å²) in [4.78, 5) is 36.3. The van der Waals surface area contributed by atoms with Gasteiger partial charge < -0.3 is 30.5 Å². The molecule has 44 heavy (non-hydrogen) atoms. The number of nitrogen functional groups attached to an aromatic ring is 1. The van der Waals surface area contributed by atoms with Gasteiger partial charge >= 0.3 is 23.5 Å². The molecule has 5 N–H and O–H groups in total. The number of aromatic nitrogens is 4. The highest BCUT2D eigenvalue weighted by Crippen LogP contribution is 2.35. The summed E-state index contributed by atoms with van der Waals surface area (Å²) >= 11 is 5.12. The zero-order valence-corrected chi connectivity index (χ0v) is 24.3. The number of aryl methyl sites for hydroxylation is 1. The second kappa shape index (κ2) is 13.5. The van der Waals surface area contributed by atoms with Crippen LogP contribution in [0, 0.1) is 6.92 Å². The van der Waals surface area contributed by atoms with Gasteiger partial charge in [-0.2, -0.15) is 18.4 Å². The first-order valence-corrected chi connectivity index (χ1v) is 13.8. The fraction of sp³-hybridized carbons (Fsp3) is 0.296. The topological polar surface area (TPSA) is 217 Å². The quantitative estimate of drug-likeness (QED) is 0.151. The molecular weight excluding hydrogens is 625 g/mol. The molecule has 4 aromatic rings. The van der Waals surface area contributed by atoms with Crippen molar-refractivity contribution in [2.75, 3.05) is 12.3 Å². The summed E-state index contributed by atoms with van der Waals surface area (Å²) in [6.07, 6.45) is -6.08. The van der Waals surface area contributed by atoms with Crippen LogP contribution < -0.4 is 5.73 Å². The highest BCUT2D eigenvalue weighted by atomic mass is 35.5. The first-order chi connectivity index (χ1) is 20.9. The lowest BCUT2D eigenvalue weighted by Crippen LogP contribution is -2.52. The highest BCUT2D eigenvalue weighted by Gasteiger charge is 2.52. The van der Waals surface area contributed by atoms with E-state index in [0.29, 0.717) is 5.56 Å². The predicted octanol–water partition coefficient (Wildman–Crippen LogP) is 2.13. The minimum atomic E-state index is -2.74. The van der Waals surface area contributed by atoms with E-state index in [2.05, 4.69) is 15.0 Å².